The van der Waals surface area contributed by atoms with Crippen molar-refractivity contribution in [2.75, 3.05) is 83.8 Å². The lowest BCUT2D eigenvalue weighted by Gasteiger charge is -2.34. The van der Waals surface area contributed by atoms with E-state index in [0.717, 1.165) is 85.0 Å². The molecule has 10 aromatic rings. The number of hydrogen-bond donors (Lipinski definition) is 2. The van der Waals surface area contributed by atoms with E-state index in [-0.39, 0.29) is 59.2 Å². The van der Waals surface area contributed by atoms with Gasteiger partial charge in [0.25, 0.3) is 11.8 Å². The number of halogens is 7. The Bertz CT molecular complexity index is 3840. The number of carbonyl (C=O) groups is 2. The molecule has 2 fully saturated rings. The molecule has 2 N–H and O–H groups in total. The molecule has 2 aliphatic heterocycles. The molecule has 26 heteroatoms. The van der Waals surface area contributed by atoms with E-state index in [1.165, 1.54) is 53.3 Å². The van der Waals surface area contributed by atoms with Crippen LogP contribution in [0.4, 0.5) is 58.9 Å². The monoisotopic (exact) mass is 1260 g/mol. The summed E-state index contributed by atoms with van der Waals surface area (Å²) in [6.07, 6.45) is -1.96. The van der Waals surface area contributed by atoms with Crippen molar-refractivity contribution >= 4 is 72.9 Å². The molecule has 452 valence electrons. The number of benzene rings is 6. The number of hydrogen-bond acceptors (Lipinski definition) is 15. The van der Waals surface area contributed by atoms with Crippen molar-refractivity contribution < 1.29 is 53.8 Å². The average molecular weight is 1260 g/mol. The Morgan fingerprint density at radius 3 is 1.40 bits per heavy atom. The van der Waals surface area contributed by atoms with Gasteiger partial charge in [0.1, 0.15) is 11.6 Å². The minimum Gasteiger partial charge on any atom is -0.415 e. The van der Waals surface area contributed by atoms with E-state index < -0.39 is 36.3 Å². The fraction of sp³-hybridized carbons (Fsp3) is 0.279. The van der Waals surface area contributed by atoms with Gasteiger partial charge in [-0.25, -0.2) is 18.4 Å². The standard InChI is InChI=1S/C30H28F3N7O3.C19H16BrF3N4O2.C12H14N2O/c31-24-18-20(28-35-36-29(42-28)26(32)33)10-11-21(24)19-40(22-6-2-1-3-7-22)30(41)34-12-13-38-14-16-39(17-15-38)27-23-8-4-5-9-25(23)43-37-27;20-8-9-24-19(28)27(14-4-2-1-3-5-14)11-13-7-6-12(10-15(13)21)17-25-26-18(29-17)16(22)23;1-4-8-14(9-5-1)12-10-6-2-3-7-11(10)15-13-12/h1-11,18,26H,12-17,19H2,(H,34,41);1-7,10,16H,8-9,11H2,(H,24,28);2-3,6-7H,1,4-5,8-9H2. The number of nitrogens with zero attached hydrogens (tertiary/aromatic N) is 11. The molecule has 87 heavy (non-hydrogen) atoms. The molecule has 12 rings (SSSR count). The van der Waals surface area contributed by atoms with E-state index in [0.29, 0.717) is 36.3 Å². The second-order valence-corrected chi connectivity index (χ2v) is 20.8. The summed E-state index contributed by atoms with van der Waals surface area (Å²) < 4.78 is 101. The third-order valence-electron chi connectivity index (χ3n) is 14.3. The number of nitrogens with one attached hydrogen (secondary N) is 2. The summed E-state index contributed by atoms with van der Waals surface area (Å²) in [7, 11) is 0. The van der Waals surface area contributed by atoms with Crippen molar-refractivity contribution in [3.8, 4) is 22.9 Å². The van der Waals surface area contributed by atoms with Gasteiger partial charge < -0.3 is 38.3 Å². The SMILES string of the molecule is O=C(NCCBr)N(Cc1ccc(-c2nnc(C(F)F)o2)cc1F)c1ccccc1.O=C(NCCN1CCN(c2noc3ccccc23)CC1)N(Cc1ccc(-c2nnc(C(F)F)o2)cc1F)c1ccccc1.c1ccc2c(N3CCCCC3)noc2c1. The molecule has 6 heterocycles. The maximum atomic E-state index is 15.1. The van der Waals surface area contributed by atoms with Crippen LogP contribution >= 0.6 is 15.9 Å². The highest BCUT2D eigenvalue weighted by molar-refractivity contribution is 9.09. The molecular formula is C61H58BrF6N13O6. The molecule has 6 aromatic carbocycles. The molecule has 4 amide bonds. The molecule has 0 bridgehead atoms. The second kappa shape index (κ2) is 29.2. The molecule has 0 spiro atoms. The summed E-state index contributed by atoms with van der Waals surface area (Å²) in [5.74, 6) is -1.49. The van der Waals surface area contributed by atoms with Gasteiger partial charge in [0, 0.05) is 97.9 Å². The van der Waals surface area contributed by atoms with Crippen LogP contribution < -0.4 is 30.2 Å². The van der Waals surface area contributed by atoms with E-state index in [4.69, 9.17) is 17.9 Å². The number of urea groups is 2. The van der Waals surface area contributed by atoms with E-state index >= 15 is 4.39 Å². The first-order valence-corrected chi connectivity index (χ1v) is 29.0. The van der Waals surface area contributed by atoms with Crippen LogP contribution in [0, 0.1) is 11.6 Å². The number of piperazine rings is 1. The van der Waals surface area contributed by atoms with Gasteiger partial charge in [0.2, 0.25) is 11.8 Å². The first kappa shape index (κ1) is 60.8. The zero-order valence-corrected chi connectivity index (χ0v) is 48.2. The number of aromatic nitrogens is 6. The van der Waals surface area contributed by atoms with Crippen LogP contribution in [0.25, 0.3) is 44.8 Å². The van der Waals surface area contributed by atoms with Gasteiger partial charge in [-0.2, -0.15) is 17.6 Å². The minimum atomic E-state index is -2.92. The van der Waals surface area contributed by atoms with Crippen molar-refractivity contribution in [1.82, 2.24) is 46.2 Å². The van der Waals surface area contributed by atoms with E-state index in [1.807, 2.05) is 54.6 Å². The Kier molecular flexibility index (Phi) is 20.4. The van der Waals surface area contributed by atoms with E-state index in [9.17, 15) is 31.5 Å². The van der Waals surface area contributed by atoms with Crippen molar-refractivity contribution in [2.45, 2.75) is 45.2 Å². The molecule has 0 atom stereocenters. The third kappa shape index (κ3) is 15.4. The maximum Gasteiger partial charge on any atom is 0.322 e. The highest BCUT2D eigenvalue weighted by Crippen LogP contribution is 2.31. The van der Waals surface area contributed by atoms with Gasteiger partial charge in [-0.15, -0.1) is 20.4 Å². The molecule has 19 nitrogen and oxygen atoms in total. The molecule has 0 unspecified atom stereocenters. The van der Waals surface area contributed by atoms with Crippen molar-refractivity contribution in [3.63, 3.8) is 0 Å². The Morgan fingerprint density at radius 2 is 0.966 bits per heavy atom. The first-order chi connectivity index (χ1) is 42.4. The van der Waals surface area contributed by atoms with Crippen molar-refractivity contribution in [2.24, 2.45) is 0 Å². The molecule has 0 radical (unpaired) electrons. The van der Waals surface area contributed by atoms with Crippen molar-refractivity contribution in [1.29, 1.82) is 0 Å². The van der Waals surface area contributed by atoms with Gasteiger partial charge in [-0.3, -0.25) is 14.7 Å². The second-order valence-electron chi connectivity index (χ2n) is 20.0. The number of carbonyl (C=O) groups excluding carboxylic acids is 2. The maximum absolute atomic E-state index is 15.1. The van der Waals surface area contributed by atoms with Crippen LogP contribution in [0.5, 0.6) is 0 Å². The lowest BCUT2D eigenvalue weighted by Crippen LogP contribution is -2.49. The molecule has 2 aliphatic rings. The zero-order chi connectivity index (χ0) is 60.7. The molecule has 0 saturated carbocycles. The molecule has 4 aromatic heterocycles. The van der Waals surface area contributed by atoms with Gasteiger partial charge in [0.15, 0.2) is 22.8 Å². The van der Waals surface area contributed by atoms with Crippen LogP contribution in [0.1, 0.15) is 55.0 Å². The summed E-state index contributed by atoms with van der Waals surface area (Å²) in [5, 5.41) is 30.4. The summed E-state index contributed by atoms with van der Waals surface area (Å²) in [4.78, 5) is 35.5. The number of anilines is 4. The Morgan fingerprint density at radius 1 is 0.529 bits per heavy atom. The van der Waals surface area contributed by atoms with Crippen LogP contribution in [-0.4, -0.2) is 112 Å². The van der Waals surface area contributed by atoms with E-state index in [1.54, 1.807) is 48.5 Å². The number of piperidine rings is 1. The van der Waals surface area contributed by atoms with Gasteiger partial charge in [0.05, 0.1) is 23.9 Å². The summed E-state index contributed by atoms with van der Waals surface area (Å²) in [5.41, 5.74) is 3.63. The number of fused-ring (bicyclic) bond motifs is 2. The first-order valence-electron chi connectivity index (χ1n) is 27.9. The normalized spacial score (nSPS) is 13.5. The van der Waals surface area contributed by atoms with Gasteiger partial charge >= 0.3 is 24.9 Å². The average Bonchev–Trinajstić information content (AvgIpc) is 4.60. The topological polar surface area (TPSA) is 204 Å². The highest BCUT2D eigenvalue weighted by Gasteiger charge is 2.26. The predicted octanol–water partition coefficient (Wildman–Crippen LogP) is 13.2. The smallest absolute Gasteiger partial charge is 0.322 e. The Labute approximate surface area is 503 Å². The van der Waals surface area contributed by atoms with Crippen LogP contribution in [0.15, 0.2) is 163 Å². The highest BCUT2D eigenvalue weighted by atomic mass is 79.9. The number of alkyl halides is 5. The molecular weight excluding hydrogens is 1200 g/mol. The van der Waals surface area contributed by atoms with Crippen LogP contribution in [-0.2, 0) is 13.1 Å². The summed E-state index contributed by atoms with van der Waals surface area (Å²) >= 11 is 3.24. The summed E-state index contributed by atoms with van der Waals surface area (Å²) in [6, 6.07) is 41.0. The van der Waals surface area contributed by atoms with Crippen LogP contribution in [0.2, 0.25) is 0 Å². The fourth-order valence-electron chi connectivity index (χ4n) is 9.77. The largest absolute Gasteiger partial charge is 0.415 e. The van der Waals surface area contributed by atoms with Crippen LogP contribution in [0.3, 0.4) is 0 Å². The Hall–Kier alpha value is -9.30. The number of rotatable bonds is 17. The number of para-hydroxylation sites is 4. The minimum absolute atomic E-state index is 0.0314. The summed E-state index contributed by atoms with van der Waals surface area (Å²) in [6.45, 7) is 6.75. The quantitative estimate of drug-likeness (QED) is 0.0643. The fourth-order valence-corrected chi connectivity index (χ4v) is 9.97. The molecule has 0 aliphatic carbocycles. The predicted molar refractivity (Wildman–Crippen MR) is 318 cm³/mol. The van der Waals surface area contributed by atoms with Gasteiger partial charge in [-0.1, -0.05) is 99.0 Å². The Balaban J connectivity index is 0.000000162. The van der Waals surface area contributed by atoms with Gasteiger partial charge in [-0.05, 0) is 92.1 Å². The number of amides is 4. The molecule has 2 saturated heterocycles. The zero-order valence-electron chi connectivity index (χ0n) is 46.6. The lowest BCUT2D eigenvalue weighted by molar-refractivity contribution is 0.115. The van der Waals surface area contributed by atoms with Crippen molar-refractivity contribution in [3.05, 3.63) is 180 Å². The lowest BCUT2D eigenvalue weighted by atomic mass is 10.1. The van der Waals surface area contributed by atoms with E-state index in [2.05, 4.69) is 78.0 Å². The third-order valence-corrected chi connectivity index (χ3v) is 14.7.